The van der Waals surface area contributed by atoms with Crippen molar-refractivity contribution in [1.82, 2.24) is 4.98 Å². The summed E-state index contributed by atoms with van der Waals surface area (Å²) in [6, 6.07) is 7.64. The minimum Gasteiger partial charge on any atom is -0.493 e. The Balaban J connectivity index is 2.68. The molecule has 0 atom stereocenters. The zero-order valence-corrected chi connectivity index (χ0v) is 12.1. The summed E-state index contributed by atoms with van der Waals surface area (Å²) in [5.41, 5.74) is 2.23. The zero-order valence-electron chi connectivity index (χ0n) is 12.1. The van der Waals surface area contributed by atoms with E-state index in [2.05, 4.69) is 11.9 Å². The van der Waals surface area contributed by atoms with Gasteiger partial charge in [0.15, 0.2) is 5.69 Å². The van der Waals surface area contributed by atoms with E-state index < -0.39 is 5.97 Å². The molecule has 0 fully saturated rings. The van der Waals surface area contributed by atoms with E-state index in [4.69, 9.17) is 9.47 Å². The second-order valence-corrected chi connectivity index (χ2v) is 4.49. The number of hydrogen-bond acceptors (Lipinski definition) is 4. The lowest BCUT2D eigenvalue weighted by Crippen LogP contribution is -2.06. The third-order valence-electron chi connectivity index (χ3n) is 3.10. The van der Waals surface area contributed by atoms with Gasteiger partial charge in [0.25, 0.3) is 0 Å². The van der Waals surface area contributed by atoms with Crippen LogP contribution in [0.4, 0.5) is 0 Å². The van der Waals surface area contributed by atoms with E-state index in [1.54, 1.807) is 6.07 Å². The summed E-state index contributed by atoms with van der Waals surface area (Å²) in [5, 5.41) is 0.936. The summed E-state index contributed by atoms with van der Waals surface area (Å²) < 4.78 is 10.4. The number of rotatable bonds is 5. The number of fused-ring (bicyclic) bond motifs is 1. The van der Waals surface area contributed by atoms with Gasteiger partial charge in [-0.1, -0.05) is 25.5 Å². The van der Waals surface area contributed by atoms with Crippen molar-refractivity contribution in [2.24, 2.45) is 0 Å². The number of nitrogens with zero attached hydrogens (tertiary/aromatic N) is 1. The van der Waals surface area contributed by atoms with Crippen LogP contribution in [0.15, 0.2) is 24.3 Å². The third kappa shape index (κ3) is 2.74. The fraction of sp³-hybridized carbons (Fsp3) is 0.375. The topological polar surface area (TPSA) is 48.4 Å². The van der Waals surface area contributed by atoms with Gasteiger partial charge in [-0.3, -0.25) is 0 Å². The molecule has 1 heterocycles. The highest BCUT2D eigenvalue weighted by Gasteiger charge is 2.14. The number of hydrogen-bond donors (Lipinski definition) is 0. The van der Waals surface area contributed by atoms with Crippen LogP contribution >= 0.6 is 0 Å². The van der Waals surface area contributed by atoms with Gasteiger partial charge in [-0.2, -0.15) is 0 Å². The fourth-order valence-corrected chi connectivity index (χ4v) is 2.23. The molecule has 0 saturated carbocycles. The Morgan fingerprint density at radius 2 is 2.10 bits per heavy atom. The number of esters is 1. The van der Waals surface area contributed by atoms with E-state index in [1.807, 2.05) is 25.1 Å². The van der Waals surface area contributed by atoms with Crippen LogP contribution in [0.5, 0.6) is 5.75 Å². The quantitative estimate of drug-likeness (QED) is 0.784. The van der Waals surface area contributed by atoms with Crippen LogP contribution in [0.2, 0.25) is 0 Å². The SMILES string of the molecule is CCCc1cccc2c(OCC)cc(C(=O)OC)nc12. The number of methoxy groups -OCH3 is 1. The second-order valence-electron chi connectivity index (χ2n) is 4.49. The Hall–Kier alpha value is -2.10. The smallest absolute Gasteiger partial charge is 0.356 e. The molecule has 20 heavy (non-hydrogen) atoms. The van der Waals surface area contributed by atoms with Crippen molar-refractivity contribution in [3.8, 4) is 5.75 Å². The highest BCUT2D eigenvalue weighted by atomic mass is 16.5. The van der Waals surface area contributed by atoms with Gasteiger partial charge in [0.1, 0.15) is 5.75 Å². The summed E-state index contributed by atoms with van der Waals surface area (Å²) >= 11 is 0. The van der Waals surface area contributed by atoms with E-state index in [9.17, 15) is 4.79 Å². The molecule has 0 amide bonds. The van der Waals surface area contributed by atoms with Crippen LogP contribution in [0, 0.1) is 0 Å². The number of benzene rings is 1. The van der Waals surface area contributed by atoms with Crippen molar-refractivity contribution >= 4 is 16.9 Å². The van der Waals surface area contributed by atoms with Gasteiger partial charge in [0.2, 0.25) is 0 Å². The molecule has 0 aliphatic rings. The lowest BCUT2D eigenvalue weighted by atomic mass is 10.0. The average Bonchev–Trinajstić information content (AvgIpc) is 2.47. The number of aryl methyl sites for hydroxylation is 1. The van der Waals surface area contributed by atoms with Gasteiger partial charge in [-0.15, -0.1) is 0 Å². The first-order valence-corrected chi connectivity index (χ1v) is 6.85. The van der Waals surface area contributed by atoms with Crippen LogP contribution in [0.1, 0.15) is 36.3 Å². The van der Waals surface area contributed by atoms with Gasteiger partial charge >= 0.3 is 5.97 Å². The Morgan fingerprint density at radius 1 is 1.30 bits per heavy atom. The molecule has 0 bridgehead atoms. The number of para-hydroxylation sites is 1. The van der Waals surface area contributed by atoms with Crippen molar-refractivity contribution in [2.75, 3.05) is 13.7 Å². The highest BCUT2D eigenvalue weighted by Crippen LogP contribution is 2.28. The van der Waals surface area contributed by atoms with Crippen molar-refractivity contribution in [1.29, 1.82) is 0 Å². The summed E-state index contributed by atoms with van der Waals surface area (Å²) in [6.07, 6.45) is 1.94. The first-order chi connectivity index (χ1) is 9.71. The minimum absolute atomic E-state index is 0.284. The van der Waals surface area contributed by atoms with Crippen molar-refractivity contribution in [3.05, 3.63) is 35.5 Å². The molecule has 2 rings (SSSR count). The maximum Gasteiger partial charge on any atom is 0.356 e. The van der Waals surface area contributed by atoms with E-state index in [0.717, 1.165) is 29.3 Å². The Bertz CT molecular complexity index is 622. The molecule has 1 aromatic heterocycles. The zero-order chi connectivity index (χ0) is 14.5. The van der Waals surface area contributed by atoms with Gasteiger partial charge < -0.3 is 9.47 Å². The highest BCUT2D eigenvalue weighted by molar-refractivity contribution is 5.95. The molecule has 0 N–H and O–H groups in total. The molecular formula is C16H19NO3. The summed E-state index contributed by atoms with van der Waals surface area (Å²) in [4.78, 5) is 16.2. The maximum atomic E-state index is 11.7. The largest absolute Gasteiger partial charge is 0.493 e. The van der Waals surface area contributed by atoms with Crippen molar-refractivity contribution < 1.29 is 14.3 Å². The molecule has 0 unspecified atom stereocenters. The summed E-state index contributed by atoms with van der Waals surface area (Å²) in [6.45, 7) is 4.57. The van der Waals surface area contributed by atoms with Crippen LogP contribution in [0.25, 0.3) is 10.9 Å². The van der Waals surface area contributed by atoms with E-state index >= 15 is 0 Å². The van der Waals surface area contributed by atoms with Gasteiger partial charge in [0.05, 0.1) is 19.2 Å². The molecule has 4 nitrogen and oxygen atoms in total. The molecule has 106 valence electrons. The molecule has 0 radical (unpaired) electrons. The van der Waals surface area contributed by atoms with Crippen molar-refractivity contribution in [3.63, 3.8) is 0 Å². The third-order valence-corrected chi connectivity index (χ3v) is 3.10. The predicted octanol–water partition coefficient (Wildman–Crippen LogP) is 3.37. The number of carbonyl (C=O) groups excluding carboxylic acids is 1. The lowest BCUT2D eigenvalue weighted by Gasteiger charge is -2.11. The first-order valence-electron chi connectivity index (χ1n) is 6.85. The lowest BCUT2D eigenvalue weighted by molar-refractivity contribution is 0.0594. The Morgan fingerprint density at radius 3 is 2.75 bits per heavy atom. The van der Waals surface area contributed by atoms with E-state index in [1.165, 1.54) is 7.11 Å². The number of pyridine rings is 1. The normalized spacial score (nSPS) is 10.6. The van der Waals surface area contributed by atoms with Crippen LogP contribution in [-0.2, 0) is 11.2 Å². The minimum atomic E-state index is -0.445. The molecule has 1 aromatic carbocycles. The Kier molecular flexibility index (Phi) is 4.56. The molecule has 0 aliphatic heterocycles. The summed E-state index contributed by atoms with van der Waals surface area (Å²) in [5.74, 6) is 0.231. The van der Waals surface area contributed by atoms with Crippen LogP contribution < -0.4 is 4.74 Å². The monoisotopic (exact) mass is 273 g/mol. The van der Waals surface area contributed by atoms with E-state index in [-0.39, 0.29) is 5.69 Å². The molecule has 0 spiro atoms. The standard InChI is InChI=1S/C16H19NO3/c1-4-7-11-8-6-9-12-14(20-5-2)10-13(16(18)19-3)17-15(11)12/h6,8-10H,4-5,7H2,1-3H3. The number of carbonyl (C=O) groups is 1. The first kappa shape index (κ1) is 14.3. The average molecular weight is 273 g/mol. The number of ether oxygens (including phenoxy) is 2. The van der Waals surface area contributed by atoms with E-state index in [0.29, 0.717) is 12.4 Å². The molecular weight excluding hydrogens is 254 g/mol. The van der Waals surface area contributed by atoms with Gasteiger partial charge in [-0.25, -0.2) is 9.78 Å². The molecule has 4 heteroatoms. The molecule has 0 aliphatic carbocycles. The fourth-order valence-electron chi connectivity index (χ4n) is 2.23. The molecule has 2 aromatic rings. The number of aromatic nitrogens is 1. The maximum absolute atomic E-state index is 11.7. The van der Waals surface area contributed by atoms with Gasteiger partial charge in [0, 0.05) is 11.5 Å². The van der Waals surface area contributed by atoms with Gasteiger partial charge in [-0.05, 0) is 25.0 Å². The summed E-state index contributed by atoms with van der Waals surface area (Å²) in [7, 11) is 1.35. The molecule has 0 saturated heterocycles. The van der Waals surface area contributed by atoms with Crippen molar-refractivity contribution in [2.45, 2.75) is 26.7 Å². The second kappa shape index (κ2) is 6.37. The van der Waals surface area contributed by atoms with Crippen LogP contribution in [-0.4, -0.2) is 24.7 Å². The van der Waals surface area contributed by atoms with Crippen LogP contribution in [0.3, 0.4) is 0 Å². The Labute approximate surface area is 118 Å². The predicted molar refractivity (Wildman–Crippen MR) is 78.2 cm³/mol.